The molecule has 2 rings (SSSR count). The van der Waals surface area contributed by atoms with E-state index < -0.39 is 0 Å². The molecular formula is C18H24N4O2. The molecule has 0 fully saturated rings. The lowest BCUT2D eigenvalue weighted by Crippen LogP contribution is -2.26. The fourth-order valence-electron chi connectivity index (χ4n) is 2.21. The van der Waals surface area contributed by atoms with E-state index in [1.54, 1.807) is 19.2 Å². The molecule has 0 aliphatic rings. The van der Waals surface area contributed by atoms with Crippen molar-refractivity contribution in [1.82, 2.24) is 15.5 Å². The highest BCUT2D eigenvalue weighted by Gasteiger charge is 2.07. The Balaban J connectivity index is 1.68. The van der Waals surface area contributed by atoms with Gasteiger partial charge in [-0.05, 0) is 37.0 Å². The summed E-state index contributed by atoms with van der Waals surface area (Å²) >= 11 is 0. The van der Waals surface area contributed by atoms with Gasteiger partial charge in [-0.15, -0.1) is 10.2 Å². The summed E-state index contributed by atoms with van der Waals surface area (Å²) in [6, 6.07) is 13.7. The molecule has 0 atom stereocenters. The maximum Gasteiger partial charge on any atom is 0.271 e. The summed E-state index contributed by atoms with van der Waals surface area (Å²) in [6.07, 6.45) is 2.72. The molecule has 0 aliphatic carbocycles. The number of carbonyl (C=O) groups is 1. The molecule has 0 radical (unpaired) electrons. The summed E-state index contributed by atoms with van der Waals surface area (Å²) in [5.74, 6) is 0.466. The third-order valence-corrected chi connectivity index (χ3v) is 3.50. The molecule has 0 unspecified atom stereocenters. The smallest absolute Gasteiger partial charge is 0.271 e. The average molecular weight is 328 g/mol. The third kappa shape index (κ3) is 6.34. The lowest BCUT2D eigenvalue weighted by molar-refractivity contribution is 0.0947. The first kappa shape index (κ1) is 17.9. The molecule has 24 heavy (non-hydrogen) atoms. The first-order chi connectivity index (χ1) is 11.8. The van der Waals surface area contributed by atoms with Gasteiger partial charge in [-0.25, -0.2) is 0 Å². The van der Waals surface area contributed by atoms with E-state index in [-0.39, 0.29) is 5.91 Å². The van der Waals surface area contributed by atoms with Crippen molar-refractivity contribution >= 4 is 11.7 Å². The molecule has 0 saturated heterocycles. The standard InChI is InChI=1S/C18H24N4O2/c1-24-14-6-13-19-17-11-10-16(21-22-17)18(23)20-12-5-9-15-7-3-2-4-8-15/h2-4,7-8,10-11H,5-6,9,12-14H2,1H3,(H,19,22)(H,20,23). The Morgan fingerprint density at radius 2 is 1.88 bits per heavy atom. The number of aryl methyl sites for hydroxylation is 1. The Morgan fingerprint density at radius 3 is 2.58 bits per heavy atom. The Kier molecular flexibility index (Phi) is 7.70. The molecule has 1 aromatic carbocycles. The summed E-state index contributed by atoms with van der Waals surface area (Å²) in [5.41, 5.74) is 1.60. The van der Waals surface area contributed by atoms with Crippen molar-refractivity contribution in [2.75, 3.05) is 32.1 Å². The number of anilines is 1. The van der Waals surface area contributed by atoms with E-state index in [9.17, 15) is 4.79 Å². The molecule has 1 aromatic heterocycles. The topological polar surface area (TPSA) is 76.1 Å². The Labute approximate surface area is 142 Å². The van der Waals surface area contributed by atoms with Gasteiger partial charge in [0.2, 0.25) is 0 Å². The quantitative estimate of drug-likeness (QED) is 0.655. The van der Waals surface area contributed by atoms with Gasteiger partial charge in [-0.2, -0.15) is 0 Å². The van der Waals surface area contributed by atoms with Crippen molar-refractivity contribution in [3.8, 4) is 0 Å². The van der Waals surface area contributed by atoms with Gasteiger partial charge in [0, 0.05) is 26.8 Å². The normalized spacial score (nSPS) is 10.4. The van der Waals surface area contributed by atoms with Crippen LogP contribution in [0.1, 0.15) is 28.9 Å². The van der Waals surface area contributed by atoms with E-state index in [0.29, 0.717) is 24.7 Å². The van der Waals surface area contributed by atoms with Gasteiger partial charge < -0.3 is 15.4 Å². The van der Waals surface area contributed by atoms with Gasteiger partial charge in [-0.3, -0.25) is 4.79 Å². The first-order valence-electron chi connectivity index (χ1n) is 8.18. The van der Waals surface area contributed by atoms with Crippen LogP contribution in [0.5, 0.6) is 0 Å². The fourth-order valence-corrected chi connectivity index (χ4v) is 2.21. The zero-order valence-corrected chi connectivity index (χ0v) is 14.0. The lowest BCUT2D eigenvalue weighted by atomic mass is 10.1. The molecule has 0 bridgehead atoms. The molecule has 128 valence electrons. The number of hydrogen-bond donors (Lipinski definition) is 2. The van der Waals surface area contributed by atoms with E-state index in [1.807, 2.05) is 18.2 Å². The first-order valence-corrected chi connectivity index (χ1v) is 8.18. The Hall–Kier alpha value is -2.47. The molecule has 2 N–H and O–H groups in total. The maximum atomic E-state index is 12.0. The van der Waals surface area contributed by atoms with Crippen LogP contribution in [-0.2, 0) is 11.2 Å². The second-order valence-corrected chi connectivity index (χ2v) is 5.42. The molecule has 1 heterocycles. The van der Waals surface area contributed by atoms with Crippen LogP contribution < -0.4 is 10.6 Å². The number of benzene rings is 1. The molecule has 2 aromatic rings. The van der Waals surface area contributed by atoms with Crippen molar-refractivity contribution in [2.45, 2.75) is 19.3 Å². The largest absolute Gasteiger partial charge is 0.385 e. The van der Waals surface area contributed by atoms with Crippen LogP contribution >= 0.6 is 0 Å². The Bertz CT molecular complexity index is 602. The third-order valence-electron chi connectivity index (χ3n) is 3.50. The zero-order valence-electron chi connectivity index (χ0n) is 14.0. The summed E-state index contributed by atoms with van der Waals surface area (Å²) in [4.78, 5) is 12.0. The van der Waals surface area contributed by atoms with Crippen molar-refractivity contribution in [3.63, 3.8) is 0 Å². The summed E-state index contributed by atoms with van der Waals surface area (Å²) in [7, 11) is 1.67. The highest BCUT2D eigenvalue weighted by molar-refractivity contribution is 5.92. The van der Waals surface area contributed by atoms with Gasteiger partial charge in [0.15, 0.2) is 5.69 Å². The van der Waals surface area contributed by atoms with E-state index in [4.69, 9.17) is 4.74 Å². The number of nitrogens with one attached hydrogen (secondary N) is 2. The second kappa shape index (κ2) is 10.3. The van der Waals surface area contributed by atoms with Crippen molar-refractivity contribution in [2.24, 2.45) is 0 Å². The molecule has 0 spiro atoms. The number of amides is 1. The predicted octanol–water partition coefficient (Wildman–Crippen LogP) is 2.29. The van der Waals surface area contributed by atoms with E-state index in [1.165, 1.54) is 5.56 Å². The highest BCUT2D eigenvalue weighted by Crippen LogP contribution is 2.03. The number of carbonyl (C=O) groups excluding carboxylic acids is 1. The summed E-state index contributed by atoms with van der Waals surface area (Å²) < 4.78 is 4.98. The van der Waals surface area contributed by atoms with Gasteiger partial charge in [0.05, 0.1) is 0 Å². The molecule has 6 heteroatoms. The van der Waals surface area contributed by atoms with E-state index in [0.717, 1.165) is 25.8 Å². The highest BCUT2D eigenvalue weighted by atomic mass is 16.5. The van der Waals surface area contributed by atoms with Crippen LogP contribution in [0.25, 0.3) is 0 Å². The zero-order chi connectivity index (χ0) is 17.0. The van der Waals surface area contributed by atoms with Crippen molar-refractivity contribution < 1.29 is 9.53 Å². The number of nitrogens with zero attached hydrogens (tertiary/aromatic N) is 2. The minimum Gasteiger partial charge on any atom is -0.385 e. The minimum absolute atomic E-state index is 0.193. The number of aromatic nitrogens is 2. The number of ether oxygens (including phenoxy) is 1. The van der Waals surface area contributed by atoms with Gasteiger partial charge in [0.1, 0.15) is 5.82 Å². The van der Waals surface area contributed by atoms with E-state index in [2.05, 4.69) is 33.0 Å². The number of hydrogen-bond acceptors (Lipinski definition) is 5. The number of rotatable bonds is 10. The summed E-state index contributed by atoms with van der Waals surface area (Å²) in [6.45, 7) is 2.07. The van der Waals surface area contributed by atoms with Crippen LogP contribution in [0.15, 0.2) is 42.5 Å². The molecular weight excluding hydrogens is 304 g/mol. The summed E-state index contributed by atoms with van der Waals surface area (Å²) in [5, 5.41) is 14.0. The van der Waals surface area contributed by atoms with Crippen molar-refractivity contribution in [3.05, 3.63) is 53.7 Å². The van der Waals surface area contributed by atoms with Crippen LogP contribution in [0, 0.1) is 0 Å². The number of methoxy groups -OCH3 is 1. The van der Waals surface area contributed by atoms with Crippen LogP contribution in [0.2, 0.25) is 0 Å². The van der Waals surface area contributed by atoms with Gasteiger partial charge in [0.25, 0.3) is 5.91 Å². The lowest BCUT2D eigenvalue weighted by Gasteiger charge is -2.06. The minimum atomic E-state index is -0.193. The monoisotopic (exact) mass is 328 g/mol. The van der Waals surface area contributed by atoms with Crippen LogP contribution in [0.4, 0.5) is 5.82 Å². The molecule has 0 aliphatic heterocycles. The SMILES string of the molecule is COCCCNc1ccc(C(=O)NCCCc2ccccc2)nn1. The fraction of sp³-hybridized carbons (Fsp3) is 0.389. The molecule has 1 amide bonds. The van der Waals surface area contributed by atoms with E-state index >= 15 is 0 Å². The van der Waals surface area contributed by atoms with Crippen LogP contribution in [0.3, 0.4) is 0 Å². The van der Waals surface area contributed by atoms with Crippen molar-refractivity contribution in [1.29, 1.82) is 0 Å². The average Bonchev–Trinajstić information content (AvgIpc) is 2.63. The molecule has 6 nitrogen and oxygen atoms in total. The predicted molar refractivity (Wildman–Crippen MR) is 94.1 cm³/mol. The maximum absolute atomic E-state index is 12.0. The second-order valence-electron chi connectivity index (χ2n) is 5.42. The van der Waals surface area contributed by atoms with Gasteiger partial charge >= 0.3 is 0 Å². The van der Waals surface area contributed by atoms with Gasteiger partial charge in [-0.1, -0.05) is 30.3 Å². The Morgan fingerprint density at radius 1 is 1.04 bits per heavy atom. The van der Waals surface area contributed by atoms with Crippen LogP contribution in [-0.4, -0.2) is 42.9 Å². The molecule has 0 saturated carbocycles.